The average Bonchev–Trinajstić information content (AvgIpc) is 2.97. The molecule has 1 aliphatic rings. The van der Waals surface area contributed by atoms with Crippen molar-refractivity contribution in [2.75, 3.05) is 18.4 Å². The van der Waals surface area contributed by atoms with E-state index in [2.05, 4.69) is 5.32 Å². The van der Waals surface area contributed by atoms with Crippen LogP contribution in [0.3, 0.4) is 0 Å². The van der Waals surface area contributed by atoms with Gasteiger partial charge >= 0.3 is 0 Å². The summed E-state index contributed by atoms with van der Waals surface area (Å²) in [5.41, 5.74) is 1.21. The molecule has 168 valence electrons. The lowest BCUT2D eigenvalue weighted by Crippen LogP contribution is -2.31. The highest BCUT2D eigenvalue weighted by molar-refractivity contribution is 7.89. The van der Waals surface area contributed by atoms with Gasteiger partial charge in [0.2, 0.25) is 15.9 Å². The molecule has 1 aromatic heterocycles. The first-order valence-electron chi connectivity index (χ1n) is 10.5. The van der Waals surface area contributed by atoms with Crippen LogP contribution in [0.1, 0.15) is 25.7 Å². The maximum absolute atomic E-state index is 12.9. The number of benzene rings is 2. The van der Waals surface area contributed by atoms with Crippen molar-refractivity contribution in [3.63, 3.8) is 0 Å². The molecule has 2 aromatic carbocycles. The number of nitrogens with zero attached hydrogens (tertiary/aromatic N) is 3. The fourth-order valence-corrected chi connectivity index (χ4v) is 5.45. The first-order chi connectivity index (χ1) is 15.3. The topological polar surface area (TPSA) is 115 Å². The summed E-state index contributed by atoms with van der Waals surface area (Å²) in [6.45, 7) is 1.10. The van der Waals surface area contributed by atoms with Gasteiger partial charge in [0.15, 0.2) is 0 Å². The van der Waals surface area contributed by atoms with Crippen molar-refractivity contribution in [1.29, 1.82) is 0 Å². The summed E-state index contributed by atoms with van der Waals surface area (Å²) >= 11 is 0. The van der Waals surface area contributed by atoms with Gasteiger partial charge in [-0.05, 0) is 49.2 Å². The summed E-state index contributed by atoms with van der Waals surface area (Å²) in [6.07, 6.45) is 5.53. The first kappa shape index (κ1) is 22.0. The van der Waals surface area contributed by atoms with Crippen molar-refractivity contribution in [2.24, 2.45) is 0 Å². The second-order valence-corrected chi connectivity index (χ2v) is 9.77. The van der Waals surface area contributed by atoms with E-state index in [9.17, 15) is 23.3 Å². The minimum absolute atomic E-state index is 0.00470. The molecule has 1 saturated heterocycles. The number of aromatic nitrogens is 1. The average molecular weight is 457 g/mol. The van der Waals surface area contributed by atoms with E-state index in [1.165, 1.54) is 28.6 Å². The molecule has 0 bridgehead atoms. The Hall–Kier alpha value is -3.24. The standard InChI is InChI=1S/C22H24N4O5S/c27-22(16-24-14-11-17-15-19(26(28)29)7-10-21(17)24)23-18-5-8-20(9-6-18)32(30,31)25-12-3-1-2-4-13-25/h5-11,14-15H,1-4,12-13,16H2,(H,23,27). The largest absolute Gasteiger partial charge is 0.338 e. The molecule has 1 fully saturated rings. The summed E-state index contributed by atoms with van der Waals surface area (Å²) in [6, 6.07) is 12.4. The van der Waals surface area contributed by atoms with E-state index in [1.54, 1.807) is 35.0 Å². The van der Waals surface area contributed by atoms with E-state index in [0.29, 0.717) is 29.7 Å². The zero-order valence-corrected chi connectivity index (χ0v) is 18.3. The van der Waals surface area contributed by atoms with E-state index in [1.807, 2.05) is 0 Å². The van der Waals surface area contributed by atoms with E-state index in [0.717, 1.165) is 25.7 Å². The lowest BCUT2D eigenvalue weighted by Gasteiger charge is -2.20. The highest BCUT2D eigenvalue weighted by Gasteiger charge is 2.25. The molecular weight excluding hydrogens is 432 g/mol. The minimum Gasteiger partial charge on any atom is -0.338 e. The van der Waals surface area contributed by atoms with Crippen molar-refractivity contribution < 1.29 is 18.1 Å². The van der Waals surface area contributed by atoms with E-state index in [-0.39, 0.29) is 23.0 Å². The molecule has 3 aromatic rings. The summed E-state index contributed by atoms with van der Waals surface area (Å²) in [5, 5.41) is 14.4. The van der Waals surface area contributed by atoms with Crippen LogP contribution in [-0.2, 0) is 21.4 Å². The number of hydrogen-bond donors (Lipinski definition) is 1. The molecule has 0 atom stereocenters. The number of hydrogen-bond acceptors (Lipinski definition) is 5. The Bertz CT molecular complexity index is 1240. The quantitative estimate of drug-likeness (QED) is 0.448. The van der Waals surface area contributed by atoms with Crippen LogP contribution >= 0.6 is 0 Å². The molecule has 2 heterocycles. The molecular formula is C22H24N4O5S. The number of fused-ring (bicyclic) bond motifs is 1. The van der Waals surface area contributed by atoms with Crippen molar-refractivity contribution in [3.05, 3.63) is 64.8 Å². The number of rotatable bonds is 6. The van der Waals surface area contributed by atoms with Gasteiger partial charge in [-0.3, -0.25) is 14.9 Å². The van der Waals surface area contributed by atoms with Gasteiger partial charge in [-0.25, -0.2) is 8.42 Å². The molecule has 10 heteroatoms. The molecule has 0 spiro atoms. The van der Waals surface area contributed by atoms with Crippen LogP contribution in [0.15, 0.2) is 59.6 Å². The van der Waals surface area contributed by atoms with E-state index >= 15 is 0 Å². The molecule has 0 unspecified atom stereocenters. The predicted octanol–water partition coefficient (Wildman–Crippen LogP) is 3.75. The Morgan fingerprint density at radius 3 is 2.34 bits per heavy atom. The van der Waals surface area contributed by atoms with Gasteiger partial charge in [0.1, 0.15) is 6.54 Å². The number of carbonyl (C=O) groups is 1. The summed E-state index contributed by atoms with van der Waals surface area (Å²) in [5.74, 6) is -0.288. The van der Waals surface area contributed by atoms with Gasteiger partial charge in [-0.1, -0.05) is 12.8 Å². The number of amides is 1. The number of nitro groups is 1. The fraction of sp³-hybridized carbons (Fsp3) is 0.318. The van der Waals surface area contributed by atoms with Gasteiger partial charge in [-0.2, -0.15) is 4.31 Å². The van der Waals surface area contributed by atoms with Crippen LogP contribution in [0, 0.1) is 10.1 Å². The maximum Gasteiger partial charge on any atom is 0.270 e. The number of nitro benzene ring substituents is 1. The van der Waals surface area contributed by atoms with Crippen molar-refractivity contribution in [2.45, 2.75) is 37.1 Å². The van der Waals surface area contributed by atoms with E-state index in [4.69, 9.17) is 0 Å². The lowest BCUT2D eigenvalue weighted by molar-refractivity contribution is -0.384. The van der Waals surface area contributed by atoms with Crippen molar-refractivity contribution in [3.8, 4) is 0 Å². The Balaban J connectivity index is 1.43. The monoisotopic (exact) mass is 456 g/mol. The third-order valence-corrected chi connectivity index (χ3v) is 7.53. The lowest BCUT2D eigenvalue weighted by atomic mass is 10.2. The van der Waals surface area contributed by atoms with Crippen LogP contribution in [0.2, 0.25) is 0 Å². The molecule has 0 aliphatic carbocycles. The highest BCUT2D eigenvalue weighted by atomic mass is 32.2. The molecule has 1 amide bonds. The fourth-order valence-electron chi connectivity index (χ4n) is 3.94. The third kappa shape index (κ3) is 4.66. The molecule has 0 saturated carbocycles. The van der Waals surface area contributed by atoms with Crippen LogP contribution in [0.5, 0.6) is 0 Å². The SMILES string of the molecule is O=C(Cn1ccc2cc([N+](=O)[O-])ccc21)Nc1ccc(S(=O)(=O)N2CCCCCC2)cc1. The summed E-state index contributed by atoms with van der Waals surface area (Å²) in [7, 11) is -3.54. The number of nitrogens with one attached hydrogen (secondary N) is 1. The number of sulfonamides is 1. The number of non-ortho nitro benzene ring substituents is 1. The summed E-state index contributed by atoms with van der Waals surface area (Å²) < 4.78 is 29.0. The Morgan fingerprint density at radius 2 is 1.69 bits per heavy atom. The van der Waals surface area contributed by atoms with Gasteiger partial charge in [0.25, 0.3) is 5.69 Å². The molecule has 0 radical (unpaired) electrons. The molecule has 9 nitrogen and oxygen atoms in total. The molecule has 1 N–H and O–H groups in total. The second-order valence-electron chi connectivity index (χ2n) is 7.83. The van der Waals surface area contributed by atoms with Crippen molar-refractivity contribution >= 4 is 38.2 Å². The van der Waals surface area contributed by atoms with Crippen molar-refractivity contribution in [1.82, 2.24) is 8.87 Å². The normalized spacial score (nSPS) is 15.4. The third-order valence-electron chi connectivity index (χ3n) is 5.62. The number of anilines is 1. The Kier molecular flexibility index (Phi) is 6.24. The first-order valence-corrected chi connectivity index (χ1v) is 11.9. The smallest absolute Gasteiger partial charge is 0.270 e. The van der Waals surface area contributed by atoms with Crippen LogP contribution < -0.4 is 5.32 Å². The number of carbonyl (C=O) groups excluding carboxylic acids is 1. The highest BCUT2D eigenvalue weighted by Crippen LogP contribution is 2.23. The predicted molar refractivity (Wildman–Crippen MR) is 121 cm³/mol. The minimum atomic E-state index is -3.54. The second kappa shape index (κ2) is 9.09. The van der Waals surface area contributed by atoms with Crippen LogP contribution in [0.4, 0.5) is 11.4 Å². The van der Waals surface area contributed by atoms with Gasteiger partial charge < -0.3 is 9.88 Å². The Labute approximate surface area is 185 Å². The van der Waals surface area contributed by atoms with Gasteiger partial charge in [-0.15, -0.1) is 0 Å². The van der Waals surface area contributed by atoms with E-state index < -0.39 is 14.9 Å². The molecule has 1 aliphatic heterocycles. The zero-order valence-electron chi connectivity index (χ0n) is 17.4. The summed E-state index contributed by atoms with van der Waals surface area (Å²) in [4.78, 5) is 23.2. The Morgan fingerprint density at radius 1 is 1.00 bits per heavy atom. The molecule has 4 rings (SSSR count). The van der Waals surface area contributed by atoms with Gasteiger partial charge in [0, 0.05) is 48.0 Å². The molecule has 32 heavy (non-hydrogen) atoms. The van der Waals surface area contributed by atoms with Gasteiger partial charge in [0.05, 0.1) is 9.82 Å². The van der Waals surface area contributed by atoms with Crippen LogP contribution in [0.25, 0.3) is 10.9 Å². The maximum atomic E-state index is 12.9. The van der Waals surface area contributed by atoms with Crippen LogP contribution in [-0.4, -0.2) is 41.2 Å². The zero-order chi connectivity index (χ0) is 22.7.